The zero-order valence-electron chi connectivity index (χ0n) is 11.0. The molecule has 0 aliphatic heterocycles. The second-order valence-electron chi connectivity index (χ2n) is 4.53. The molecule has 2 nitrogen and oxygen atoms in total. The third-order valence-electron chi connectivity index (χ3n) is 2.70. The van der Waals surface area contributed by atoms with E-state index >= 15 is 0 Å². The van der Waals surface area contributed by atoms with E-state index in [-0.39, 0.29) is 0 Å². The van der Waals surface area contributed by atoms with E-state index in [9.17, 15) is 0 Å². The third kappa shape index (κ3) is 5.55. The molecule has 0 aromatic heterocycles. The quantitative estimate of drug-likeness (QED) is 0.542. The maximum Gasteiger partial charge on any atom is 0.119 e. The summed E-state index contributed by atoms with van der Waals surface area (Å²) < 4.78 is 5.68. The molecule has 1 aromatic carbocycles. The highest BCUT2D eigenvalue weighted by Crippen LogP contribution is 2.18. The molecule has 0 radical (unpaired) electrons. The van der Waals surface area contributed by atoms with Crippen molar-refractivity contribution < 1.29 is 10.1 Å². The van der Waals surface area contributed by atoms with Crippen LogP contribution in [0.3, 0.4) is 0 Å². The van der Waals surface area contributed by atoms with Gasteiger partial charge in [0, 0.05) is 6.42 Å². The molecular weight excluding hydrogens is 210 g/mol. The van der Waals surface area contributed by atoms with Crippen LogP contribution in [0.5, 0.6) is 5.75 Å². The second-order valence-corrected chi connectivity index (χ2v) is 4.53. The molecule has 0 unspecified atom stereocenters. The van der Waals surface area contributed by atoms with E-state index < -0.39 is 0 Å². The summed E-state index contributed by atoms with van der Waals surface area (Å²) >= 11 is 0. The first-order valence-corrected chi connectivity index (χ1v) is 6.39. The maximum absolute atomic E-state index is 5.68. The summed E-state index contributed by atoms with van der Waals surface area (Å²) in [4.78, 5) is 0. The van der Waals surface area contributed by atoms with E-state index in [1.807, 2.05) is 6.08 Å². The normalized spacial score (nSPS) is 10.5. The fraction of sp³-hybridized carbons (Fsp3) is 0.467. The number of quaternary nitrogens is 1. The van der Waals surface area contributed by atoms with Gasteiger partial charge in [-0.2, -0.15) is 0 Å². The number of nitrogens with two attached hydrogens (primary N) is 1. The van der Waals surface area contributed by atoms with E-state index in [2.05, 4.69) is 50.0 Å². The van der Waals surface area contributed by atoms with Crippen LogP contribution >= 0.6 is 0 Å². The summed E-state index contributed by atoms with van der Waals surface area (Å²) in [5.41, 5.74) is 1.36. The molecule has 1 rings (SSSR count). The second kappa shape index (κ2) is 7.91. The molecule has 0 bridgehead atoms. The molecule has 0 saturated carbocycles. The molecule has 0 heterocycles. The lowest BCUT2D eigenvalue weighted by molar-refractivity contribution is -0.646. The van der Waals surface area contributed by atoms with Crippen LogP contribution in [-0.2, 0) is 0 Å². The van der Waals surface area contributed by atoms with Gasteiger partial charge in [0.25, 0.3) is 0 Å². The molecule has 1 aromatic rings. The zero-order chi connectivity index (χ0) is 12.5. The monoisotopic (exact) mass is 234 g/mol. The molecule has 17 heavy (non-hydrogen) atoms. The highest BCUT2D eigenvalue weighted by Gasteiger charge is 1.99. The summed E-state index contributed by atoms with van der Waals surface area (Å²) in [6, 6.07) is 8.40. The molecule has 0 fully saturated rings. The lowest BCUT2D eigenvalue weighted by Gasteiger charge is -2.08. The standard InChI is InChI=1S/C15H23NO/c1-4-10-16-11-5-12-17-15-8-6-14(7-9-15)13(2)3/h4,6-9,13,16H,1,5,10-12H2,2-3H3/p+1. The van der Waals surface area contributed by atoms with Crippen molar-refractivity contribution in [2.75, 3.05) is 19.7 Å². The van der Waals surface area contributed by atoms with Crippen molar-refractivity contribution in [3.05, 3.63) is 42.5 Å². The first-order valence-electron chi connectivity index (χ1n) is 6.39. The van der Waals surface area contributed by atoms with Gasteiger partial charge >= 0.3 is 0 Å². The van der Waals surface area contributed by atoms with Gasteiger partial charge in [-0.3, -0.25) is 0 Å². The van der Waals surface area contributed by atoms with Crippen molar-refractivity contribution >= 4 is 0 Å². The van der Waals surface area contributed by atoms with E-state index in [1.54, 1.807) is 0 Å². The van der Waals surface area contributed by atoms with Crippen molar-refractivity contribution in [2.45, 2.75) is 26.2 Å². The fourth-order valence-electron chi connectivity index (χ4n) is 1.60. The Morgan fingerprint density at radius 2 is 2.00 bits per heavy atom. The Morgan fingerprint density at radius 3 is 2.59 bits per heavy atom. The molecule has 0 atom stereocenters. The van der Waals surface area contributed by atoms with Gasteiger partial charge in [-0.1, -0.05) is 32.6 Å². The van der Waals surface area contributed by atoms with Crippen molar-refractivity contribution in [1.29, 1.82) is 0 Å². The molecule has 2 heteroatoms. The van der Waals surface area contributed by atoms with E-state index in [1.165, 1.54) is 5.56 Å². The van der Waals surface area contributed by atoms with Crippen LogP contribution in [0.1, 0.15) is 31.7 Å². The molecule has 94 valence electrons. The van der Waals surface area contributed by atoms with Crippen molar-refractivity contribution in [3.63, 3.8) is 0 Å². The lowest BCUT2D eigenvalue weighted by Crippen LogP contribution is -2.84. The van der Waals surface area contributed by atoms with Crippen LogP contribution in [0.4, 0.5) is 0 Å². The molecule has 0 amide bonds. The highest BCUT2D eigenvalue weighted by atomic mass is 16.5. The Bertz CT molecular complexity index is 316. The number of hydrogen-bond acceptors (Lipinski definition) is 1. The van der Waals surface area contributed by atoms with Gasteiger partial charge in [-0.15, -0.1) is 0 Å². The average Bonchev–Trinajstić information content (AvgIpc) is 2.34. The Balaban J connectivity index is 2.21. The topological polar surface area (TPSA) is 25.8 Å². The first-order chi connectivity index (χ1) is 8.24. The van der Waals surface area contributed by atoms with Gasteiger partial charge in [0.2, 0.25) is 0 Å². The Morgan fingerprint density at radius 1 is 1.29 bits per heavy atom. The average molecular weight is 234 g/mol. The molecule has 0 spiro atoms. The van der Waals surface area contributed by atoms with Crippen LogP contribution in [0, 0.1) is 0 Å². The molecule has 0 saturated heterocycles. The van der Waals surface area contributed by atoms with Gasteiger partial charge in [-0.25, -0.2) is 0 Å². The van der Waals surface area contributed by atoms with E-state index in [0.717, 1.165) is 31.9 Å². The molecular formula is C15H24NO+. The minimum absolute atomic E-state index is 0.581. The minimum atomic E-state index is 0.581. The van der Waals surface area contributed by atoms with Gasteiger partial charge in [0.1, 0.15) is 5.75 Å². The van der Waals surface area contributed by atoms with Gasteiger partial charge in [-0.05, 0) is 29.7 Å². The zero-order valence-corrected chi connectivity index (χ0v) is 11.0. The largest absolute Gasteiger partial charge is 0.493 e. The maximum atomic E-state index is 5.68. The molecule has 2 N–H and O–H groups in total. The van der Waals surface area contributed by atoms with Gasteiger partial charge in [0.05, 0.1) is 19.7 Å². The van der Waals surface area contributed by atoms with Crippen molar-refractivity contribution in [3.8, 4) is 5.75 Å². The fourth-order valence-corrected chi connectivity index (χ4v) is 1.60. The predicted octanol–water partition coefficient (Wildman–Crippen LogP) is 2.33. The predicted molar refractivity (Wildman–Crippen MR) is 72.5 cm³/mol. The minimum Gasteiger partial charge on any atom is -0.493 e. The number of rotatable bonds is 8. The van der Waals surface area contributed by atoms with Crippen LogP contribution in [-0.4, -0.2) is 19.7 Å². The summed E-state index contributed by atoms with van der Waals surface area (Å²) in [6.07, 6.45) is 2.99. The van der Waals surface area contributed by atoms with Crippen LogP contribution in [0.15, 0.2) is 36.9 Å². The number of ether oxygens (including phenoxy) is 1. The van der Waals surface area contributed by atoms with E-state index in [4.69, 9.17) is 4.74 Å². The van der Waals surface area contributed by atoms with Crippen molar-refractivity contribution in [1.82, 2.24) is 0 Å². The SMILES string of the molecule is C=CC[NH2+]CCCOc1ccc(C(C)C)cc1. The summed E-state index contributed by atoms with van der Waals surface area (Å²) in [7, 11) is 0. The number of hydrogen-bond donors (Lipinski definition) is 1. The number of benzene rings is 1. The molecule has 0 aliphatic rings. The van der Waals surface area contributed by atoms with E-state index in [0.29, 0.717) is 5.92 Å². The highest BCUT2D eigenvalue weighted by molar-refractivity contribution is 5.28. The first kappa shape index (κ1) is 13.8. The van der Waals surface area contributed by atoms with Crippen LogP contribution in [0.2, 0.25) is 0 Å². The summed E-state index contributed by atoms with van der Waals surface area (Å²) in [6.45, 7) is 11.0. The third-order valence-corrected chi connectivity index (χ3v) is 2.70. The Hall–Kier alpha value is -1.28. The smallest absolute Gasteiger partial charge is 0.119 e. The molecule has 0 aliphatic carbocycles. The van der Waals surface area contributed by atoms with Gasteiger partial charge in [0.15, 0.2) is 0 Å². The lowest BCUT2D eigenvalue weighted by atomic mass is 10.0. The summed E-state index contributed by atoms with van der Waals surface area (Å²) in [5, 5.41) is 2.23. The van der Waals surface area contributed by atoms with Crippen LogP contribution < -0.4 is 10.1 Å². The Kier molecular flexibility index (Phi) is 6.41. The van der Waals surface area contributed by atoms with Crippen molar-refractivity contribution in [2.24, 2.45) is 0 Å². The Labute approximate surface area is 105 Å². The summed E-state index contributed by atoms with van der Waals surface area (Å²) in [5.74, 6) is 1.55. The van der Waals surface area contributed by atoms with Crippen LogP contribution in [0.25, 0.3) is 0 Å². The van der Waals surface area contributed by atoms with Gasteiger partial charge < -0.3 is 10.1 Å².